The summed E-state index contributed by atoms with van der Waals surface area (Å²) < 4.78 is 18.7. The van der Waals surface area contributed by atoms with Crippen molar-refractivity contribution in [2.45, 2.75) is 13.0 Å². The number of aliphatic hydroxyl groups is 1. The third-order valence-electron chi connectivity index (χ3n) is 3.66. The quantitative estimate of drug-likeness (QED) is 0.822. The van der Waals surface area contributed by atoms with Crippen LogP contribution in [0, 0.1) is 5.82 Å². The molecule has 0 bridgehead atoms. The molecule has 0 spiro atoms. The molecule has 0 aliphatic rings. The number of methoxy groups -OCH3 is 1. The van der Waals surface area contributed by atoms with Crippen molar-refractivity contribution in [2.24, 2.45) is 0 Å². The van der Waals surface area contributed by atoms with Crippen LogP contribution in [0.2, 0.25) is 0 Å². The number of rotatable bonds is 7. The van der Waals surface area contributed by atoms with Crippen molar-refractivity contribution in [1.29, 1.82) is 0 Å². The summed E-state index contributed by atoms with van der Waals surface area (Å²) in [6.45, 7) is 2.58. The molecule has 23 heavy (non-hydrogen) atoms. The van der Waals surface area contributed by atoms with E-state index in [9.17, 15) is 4.39 Å². The summed E-state index contributed by atoms with van der Waals surface area (Å²) in [6, 6.07) is 8.58. The van der Waals surface area contributed by atoms with E-state index in [1.165, 1.54) is 13.2 Å². The third kappa shape index (κ3) is 4.32. The second kappa shape index (κ2) is 7.78. The lowest BCUT2D eigenvalue weighted by Gasteiger charge is -2.19. The third-order valence-corrected chi connectivity index (χ3v) is 3.66. The molecule has 124 valence electrons. The Morgan fingerprint density at radius 2 is 2.13 bits per heavy atom. The van der Waals surface area contributed by atoms with Crippen LogP contribution in [0.3, 0.4) is 0 Å². The summed E-state index contributed by atoms with van der Waals surface area (Å²) in [5, 5.41) is 12.2. The van der Waals surface area contributed by atoms with Crippen LogP contribution in [0.25, 0.3) is 0 Å². The predicted octanol–water partition coefficient (Wildman–Crippen LogP) is 2.83. The van der Waals surface area contributed by atoms with Gasteiger partial charge in [0, 0.05) is 13.6 Å². The Bertz CT molecular complexity index is 634. The zero-order valence-corrected chi connectivity index (χ0v) is 13.6. The van der Waals surface area contributed by atoms with Crippen molar-refractivity contribution in [3.05, 3.63) is 47.9 Å². The fraction of sp³-hybridized carbons (Fsp3) is 0.353. The van der Waals surface area contributed by atoms with E-state index in [-0.39, 0.29) is 24.2 Å². The molecule has 0 aliphatic heterocycles. The maximum Gasteiger partial charge on any atom is 0.165 e. The largest absolute Gasteiger partial charge is 0.494 e. The highest BCUT2D eigenvalue weighted by atomic mass is 19.1. The second-order valence-electron chi connectivity index (χ2n) is 5.31. The van der Waals surface area contributed by atoms with Crippen LogP contribution in [0.4, 0.5) is 15.9 Å². The van der Waals surface area contributed by atoms with Gasteiger partial charge in [-0.15, -0.1) is 0 Å². The first-order chi connectivity index (χ1) is 11.0. The first-order valence-corrected chi connectivity index (χ1v) is 7.43. The summed E-state index contributed by atoms with van der Waals surface area (Å²) in [7, 11) is 3.34. The fourth-order valence-corrected chi connectivity index (χ4v) is 2.23. The summed E-state index contributed by atoms with van der Waals surface area (Å²) in [4.78, 5) is 6.27. The van der Waals surface area contributed by atoms with Crippen LogP contribution in [-0.2, 0) is 0 Å². The number of likely N-dealkylation sites (N-methyl/N-ethyl adjacent to an activating group) is 1. The van der Waals surface area contributed by atoms with E-state index in [0.717, 1.165) is 11.3 Å². The van der Waals surface area contributed by atoms with Crippen molar-refractivity contribution >= 4 is 11.5 Å². The SMILES string of the molecule is COc1ccc(C(C)Nc2ccc(N(C)CCO)cn2)cc1F. The van der Waals surface area contributed by atoms with Crippen molar-refractivity contribution in [1.82, 2.24) is 4.98 Å². The maximum absolute atomic E-state index is 13.8. The minimum absolute atomic E-state index is 0.0936. The highest BCUT2D eigenvalue weighted by Gasteiger charge is 2.10. The molecule has 0 saturated carbocycles. The second-order valence-corrected chi connectivity index (χ2v) is 5.31. The van der Waals surface area contributed by atoms with Crippen LogP contribution in [0.5, 0.6) is 5.75 Å². The molecule has 2 rings (SSSR count). The molecule has 0 saturated heterocycles. The van der Waals surface area contributed by atoms with Gasteiger partial charge in [0.05, 0.1) is 31.6 Å². The normalized spacial score (nSPS) is 11.9. The molecule has 1 aromatic carbocycles. The molecule has 0 radical (unpaired) electrons. The molecule has 1 heterocycles. The van der Waals surface area contributed by atoms with Gasteiger partial charge in [0.25, 0.3) is 0 Å². The number of nitrogens with one attached hydrogen (secondary N) is 1. The summed E-state index contributed by atoms with van der Waals surface area (Å²) in [5.74, 6) is 0.554. The highest BCUT2D eigenvalue weighted by molar-refractivity contribution is 5.49. The molecule has 2 aromatic rings. The minimum atomic E-state index is -0.382. The molecule has 5 nitrogen and oxygen atoms in total. The van der Waals surface area contributed by atoms with Crippen LogP contribution < -0.4 is 15.0 Å². The minimum Gasteiger partial charge on any atom is -0.494 e. The number of anilines is 2. The van der Waals surface area contributed by atoms with E-state index in [2.05, 4.69) is 10.3 Å². The van der Waals surface area contributed by atoms with Gasteiger partial charge in [-0.05, 0) is 36.8 Å². The zero-order chi connectivity index (χ0) is 16.8. The van der Waals surface area contributed by atoms with Gasteiger partial charge in [0.15, 0.2) is 11.6 Å². The molecular formula is C17H22FN3O2. The van der Waals surface area contributed by atoms with Gasteiger partial charge in [-0.25, -0.2) is 9.37 Å². The number of nitrogens with zero attached hydrogens (tertiary/aromatic N) is 2. The zero-order valence-electron chi connectivity index (χ0n) is 13.6. The number of hydrogen-bond donors (Lipinski definition) is 2. The molecule has 2 N–H and O–H groups in total. The van der Waals surface area contributed by atoms with E-state index < -0.39 is 0 Å². The van der Waals surface area contributed by atoms with Crippen molar-refractivity contribution < 1.29 is 14.2 Å². The van der Waals surface area contributed by atoms with Gasteiger partial charge in [0.2, 0.25) is 0 Å². The molecule has 0 amide bonds. The van der Waals surface area contributed by atoms with E-state index in [1.807, 2.05) is 37.1 Å². The van der Waals surface area contributed by atoms with E-state index in [4.69, 9.17) is 9.84 Å². The van der Waals surface area contributed by atoms with Gasteiger partial charge < -0.3 is 20.1 Å². The topological polar surface area (TPSA) is 57.6 Å². The van der Waals surface area contributed by atoms with Gasteiger partial charge in [-0.1, -0.05) is 6.07 Å². The van der Waals surface area contributed by atoms with Crippen LogP contribution in [-0.4, -0.2) is 37.4 Å². The number of ether oxygens (including phenoxy) is 1. The Balaban J connectivity index is 2.05. The monoisotopic (exact) mass is 319 g/mol. The van der Waals surface area contributed by atoms with Crippen LogP contribution >= 0.6 is 0 Å². The lowest BCUT2D eigenvalue weighted by Crippen LogP contribution is -2.21. The number of hydrogen-bond acceptors (Lipinski definition) is 5. The highest BCUT2D eigenvalue weighted by Crippen LogP contribution is 2.24. The van der Waals surface area contributed by atoms with Crippen LogP contribution in [0.1, 0.15) is 18.5 Å². The number of aromatic nitrogens is 1. The molecule has 6 heteroatoms. The number of aliphatic hydroxyl groups excluding tert-OH is 1. The summed E-state index contributed by atoms with van der Waals surface area (Å²) in [5.41, 5.74) is 1.74. The number of halogens is 1. The molecule has 1 atom stereocenters. The van der Waals surface area contributed by atoms with Gasteiger partial charge in [-0.2, -0.15) is 0 Å². The van der Waals surface area contributed by atoms with Gasteiger partial charge in [0.1, 0.15) is 5.82 Å². The fourth-order valence-electron chi connectivity index (χ4n) is 2.23. The van der Waals surface area contributed by atoms with E-state index in [0.29, 0.717) is 12.4 Å². The smallest absolute Gasteiger partial charge is 0.165 e. The van der Waals surface area contributed by atoms with Gasteiger partial charge >= 0.3 is 0 Å². The molecular weight excluding hydrogens is 297 g/mol. The van der Waals surface area contributed by atoms with Crippen molar-refractivity contribution in [2.75, 3.05) is 37.5 Å². The maximum atomic E-state index is 13.8. The van der Waals surface area contributed by atoms with Crippen LogP contribution in [0.15, 0.2) is 36.5 Å². The lowest BCUT2D eigenvalue weighted by molar-refractivity contribution is 0.304. The average Bonchev–Trinajstić information content (AvgIpc) is 2.55. The summed E-state index contributed by atoms with van der Waals surface area (Å²) >= 11 is 0. The lowest BCUT2D eigenvalue weighted by atomic mass is 10.1. The summed E-state index contributed by atoms with van der Waals surface area (Å²) in [6.07, 6.45) is 1.74. The first kappa shape index (κ1) is 17.0. The molecule has 0 aliphatic carbocycles. The van der Waals surface area contributed by atoms with Crippen molar-refractivity contribution in [3.63, 3.8) is 0 Å². The number of benzene rings is 1. The molecule has 1 unspecified atom stereocenters. The van der Waals surface area contributed by atoms with E-state index in [1.54, 1.807) is 12.3 Å². The van der Waals surface area contributed by atoms with Crippen molar-refractivity contribution in [3.8, 4) is 5.75 Å². The Morgan fingerprint density at radius 1 is 1.35 bits per heavy atom. The first-order valence-electron chi connectivity index (χ1n) is 7.43. The Kier molecular flexibility index (Phi) is 5.76. The molecule has 0 fully saturated rings. The average molecular weight is 319 g/mol. The number of pyridine rings is 1. The Labute approximate surface area is 135 Å². The standard InChI is InChI=1S/C17H22FN3O2/c1-12(13-4-6-16(23-3)15(18)10-13)20-17-7-5-14(11-19-17)21(2)8-9-22/h4-7,10-12,22H,8-9H2,1-3H3,(H,19,20). The molecule has 1 aromatic heterocycles. The Morgan fingerprint density at radius 3 is 2.70 bits per heavy atom. The predicted molar refractivity (Wildman–Crippen MR) is 89.6 cm³/mol. The van der Waals surface area contributed by atoms with Gasteiger partial charge in [-0.3, -0.25) is 0 Å². The Hall–Kier alpha value is -2.34. The van der Waals surface area contributed by atoms with E-state index >= 15 is 0 Å².